The molecule has 6 heteroatoms. The maximum atomic E-state index is 13.2. The Labute approximate surface area is 213 Å². The molecule has 1 heterocycles. The summed E-state index contributed by atoms with van der Waals surface area (Å²) in [7, 11) is 3.46. The molecule has 0 bridgehead atoms. The van der Waals surface area contributed by atoms with Gasteiger partial charge in [0.1, 0.15) is 18.1 Å². The molecule has 1 aliphatic rings. The smallest absolute Gasteiger partial charge is 0.323 e. The van der Waals surface area contributed by atoms with Crippen LogP contribution in [0, 0.1) is 5.82 Å². The molecule has 4 rings (SSSR count). The van der Waals surface area contributed by atoms with Gasteiger partial charge >= 0.3 is 5.97 Å². The Hall–Kier alpha value is -3.06. The lowest BCUT2D eigenvalue weighted by molar-refractivity contribution is -0.150. The number of methoxy groups -OCH3 is 1. The number of aliphatic hydroxyl groups excluding tert-OH is 1. The Bertz CT molecular complexity index is 1050. The lowest BCUT2D eigenvalue weighted by Gasteiger charge is -2.34. The summed E-state index contributed by atoms with van der Waals surface area (Å²) in [5, 5.41) is 11.7. The number of rotatable bonds is 10. The minimum absolute atomic E-state index is 0.101. The molecule has 3 aromatic rings. The fourth-order valence-electron chi connectivity index (χ4n) is 5.23. The number of ether oxygens (including phenoxy) is 1. The van der Waals surface area contributed by atoms with E-state index in [2.05, 4.69) is 11.9 Å². The third-order valence-corrected chi connectivity index (χ3v) is 7.26. The summed E-state index contributed by atoms with van der Waals surface area (Å²) in [6, 6.07) is 26.1. The lowest BCUT2D eigenvalue weighted by atomic mass is 9.89. The average Bonchev–Trinajstić information content (AvgIpc) is 3.36. The number of likely N-dealkylation sites (tertiary alicyclic amines) is 1. The van der Waals surface area contributed by atoms with E-state index in [9.17, 15) is 14.3 Å². The third-order valence-electron chi connectivity index (χ3n) is 7.26. The van der Waals surface area contributed by atoms with Crippen molar-refractivity contribution in [1.82, 2.24) is 9.80 Å². The van der Waals surface area contributed by atoms with E-state index in [0.717, 1.165) is 36.1 Å². The third kappa shape index (κ3) is 6.19. The Morgan fingerprint density at radius 1 is 1.03 bits per heavy atom. The van der Waals surface area contributed by atoms with E-state index in [1.54, 1.807) is 0 Å². The molecule has 190 valence electrons. The summed E-state index contributed by atoms with van der Waals surface area (Å²) >= 11 is 0. The molecule has 0 aromatic heterocycles. The van der Waals surface area contributed by atoms with Gasteiger partial charge < -0.3 is 14.7 Å². The van der Waals surface area contributed by atoms with Crippen LogP contribution in [0.1, 0.15) is 35.4 Å². The van der Waals surface area contributed by atoms with E-state index >= 15 is 0 Å². The first-order valence-electron chi connectivity index (χ1n) is 12.5. The first-order chi connectivity index (χ1) is 17.5. The maximum absolute atomic E-state index is 13.2. The van der Waals surface area contributed by atoms with Gasteiger partial charge in [-0.25, -0.2) is 4.39 Å². The van der Waals surface area contributed by atoms with Gasteiger partial charge in [-0.1, -0.05) is 72.8 Å². The van der Waals surface area contributed by atoms with Crippen LogP contribution < -0.4 is 0 Å². The van der Waals surface area contributed by atoms with Crippen molar-refractivity contribution in [2.45, 2.75) is 43.5 Å². The summed E-state index contributed by atoms with van der Waals surface area (Å²) in [6.45, 7) is 1.39. The summed E-state index contributed by atoms with van der Waals surface area (Å²) in [5.41, 5.74) is 3.10. The molecular formula is C30H35FN2O3. The van der Waals surface area contributed by atoms with Gasteiger partial charge in [0.05, 0.1) is 7.11 Å². The number of aryl methyl sites for hydroxylation is 1. The number of benzene rings is 3. The van der Waals surface area contributed by atoms with E-state index in [-0.39, 0.29) is 23.7 Å². The number of nitrogens with zero attached hydrogens (tertiary/aromatic N) is 2. The molecule has 3 aromatic carbocycles. The molecule has 5 nitrogen and oxygen atoms in total. The van der Waals surface area contributed by atoms with Gasteiger partial charge in [0, 0.05) is 18.5 Å². The van der Waals surface area contributed by atoms with E-state index in [1.807, 2.05) is 77.7 Å². The van der Waals surface area contributed by atoms with Crippen LogP contribution in [-0.4, -0.2) is 66.4 Å². The number of likely N-dealkylation sites (N-methyl/N-ethyl adjacent to an activating group) is 1. The Kier molecular flexibility index (Phi) is 8.86. The quantitative estimate of drug-likeness (QED) is 0.426. The molecule has 0 saturated carbocycles. The number of halogens is 1. The molecule has 1 fully saturated rings. The second-order valence-electron chi connectivity index (χ2n) is 9.55. The van der Waals surface area contributed by atoms with E-state index in [4.69, 9.17) is 4.74 Å². The van der Waals surface area contributed by atoms with Crippen molar-refractivity contribution in [2.75, 3.05) is 27.2 Å². The molecule has 1 N–H and O–H groups in total. The van der Waals surface area contributed by atoms with Gasteiger partial charge in [-0.05, 0) is 61.7 Å². The molecule has 0 aliphatic carbocycles. The minimum Gasteiger partial charge on any atom is -0.468 e. The molecule has 0 amide bonds. The van der Waals surface area contributed by atoms with Crippen LogP contribution in [0.25, 0.3) is 0 Å². The zero-order valence-corrected chi connectivity index (χ0v) is 21.0. The van der Waals surface area contributed by atoms with Crippen molar-refractivity contribution < 1.29 is 19.0 Å². The van der Waals surface area contributed by atoms with Crippen LogP contribution in [0.5, 0.6) is 0 Å². The van der Waals surface area contributed by atoms with Crippen molar-refractivity contribution in [1.29, 1.82) is 0 Å². The van der Waals surface area contributed by atoms with Gasteiger partial charge in [0.2, 0.25) is 0 Å². The molecule has 1 saturated heterocycles. The van der Waals surface area contributed by atoms with Gasteiger partial charge in [-0.3, -0.25) is 9.69 Å². The summed E-state index contributed by atoms with van der Waals surface area (Å²) < 4.78 is 18.3. The second kappa shape index (κ2) is 12.3. The number of aliphatic hydroxyl groups is 1. The van der Waals surface area contributed by atoms with Crippen LogP contribution in [0.15, 0.2) is 84.9 Å². The fourth-order valence-corrected chi connectivity index (χ4v) is 5.23. The highest BCUT2D eigenvalue weighted by atomic mass is 19.1. The van der Waals surface area contributed by atoms with Crippen LogP contribution >= 0.6 is 0 Å². The van der Waals surface area contributed by atoms with Crippen molar-refractivity contribution >= 4 is 5.97 Å². The highest BCUT2D eigenvalue weighted by molar-refractivity contribution is 5.76. The van der Waals surface area contributed by atoms with Crippen LogP contribution in [0.4, 0.5) is 4.39 Å². The molecule has 1 unspecified atom stereocenters. The highest BCUT2D eigenvalue weighted by Crippen LogP contribution is 2.34. The Balaban J connectivity index is 1.49. The van der Waals surface area contributed by atoms with Crippen LogP contribution in [0.2, 0.25) is 0 Å². The Morgan fingerprint density at radius 2 is 1.61 bits per heavy atom. The Morgan fingerprint density at radius 3 is 2.17 bits per heavy atom. The average molecular weight is 491 g/mol. The normalized spacial score (nSPS) is 19.1. The molecule has 36 heavy (non-hydrogen) atoms. The van der Waals surface area contributed by atoms with Crippen LogP contribution in [-0.2, 0) is 16.0 Å². The summed E-state index contributed by atoms with van der Waals surface area (Å²) in [5.74, 6) is -0.850. The highest BCUT2D eigenvalue weighted by Gasteiger charge is 2.44. The molecule has 0 radical (unpaired) electrons. The molecule has 0 spiro atoms. The maximum Gasteiger partial charge on any atom is 0.323 e. The standard InChI is InChI=1S/C30H35FN2O3/c1-32(19-9-10-22-15-17-25(31)18-16-22)26-20-27(30(35)36-2)33(21-26)29(34)28(23-11-5-3-6-12-23)24-13-7-4-8-14-24/h3-8,11-18,26-29,34H,9-10,19-21H2,1-2H3/t26-,27-,29?/m0/s1. The first kappa shape index (κ1) is 26.0. The SMILES string of the molecule is COC(=O)[C@@H]1C[C@H](N(C)CCCc2ccc(F)cc2)CN1C(O)C(c1ccccc1)c1ccccc1. The van der Waals surface area contributed by atoms with Crippen molar-refractivity contribution in [3.05, 3.63) is 107 Å². The fraction of sp³-hybridized carbons (Fsp3) is 0.367. The molecular weight excluding hydrogens is 455 g/mol. The monoisotopic (exact) mass is 490 g/mol. The number of hydrogen-bond donors (Lipinski definition) is 1. The number of esters is 1. The van der Waals surface area contributed by atoms with Crippen molar-refractivity contribution in [3.8, 4) is 0 Å². The number of hydrogen-bond acceptors (Lipinski definition) is 5. The zero-order valence-electron chi connectivity index (χ0n) is 21.0. The van der Waals surface area contributed by atoms with E-state index in [1.165, 1.54) is 19.2 Å². The summed E-state index contributed by atoms with van der Waals surface area (Å²) in [6.07, 6.45) is 1.47. The lowest BCUT2D eigenvalue weighted by Crippen LogP contribution is -2.47. The molecule has 3 atom stereocenters. The summed E-state index contributed by atoms with van der Waals surface area (Å²) in [4.78, 5) is 17.0. The van der Waals surface area contributed by atoms with Crippen molar-refractivity contribution in [2.24, 2.45) is 0 Å². The second-order valence-corrected chi connectivity index (χ2v) is 9.55. The zero-order chi connectivity index (χ0) is 25.5. The predicted octanol–water partition coefficient (Wildman–Crippen LogP) is 4.46. The minimum atomic E-state index is -0.892. The number of carbonyl (C=O) groups is 1. The van der Waals surface area contributed by atoms with Crippen LogP contribution in [0.3, 0.4) is 0 Å². The van der Waals surface area contributed by atoms with Gasteiger partial charge in [0.25, 0.3) is 0 Å². The van der Waals surface area contributed by atoms with E-state index < -0.39 is 12.3 Å². The molecule has 1 aliphatic heterocycles. The topological polar surface area (TPSA) is 53.0 Å². The van der Waals surface area contributed by atoms with Gasteiger partial charge in [-0.15, -0.1) is 0 Å². The largest absolute Gasteiger partial charge is 0.468 e. The predicted molar refractivity (Wildman–Crippen MR) is 139 cm³/mol. The first-order valence-corrected chi connectivity index (χ1v) is 12.5. The van der Waals surface area contributed by atoms with Crippen molar-refractivity contribution in [3.63, 3.8) is 0 Å². The number of carbonyl (C=O) groups excluding carboxylic acids is 1. The van der Waals surface area contributed by atoms with Gasteiger partial charge in [-0.2, -0.15) is 0 Å². The van der Waals surface area contributed by atoms with E-state index in [0.29, 0.717) is 13.0 Å². The van der Waals surface area contributed by atoms with Gasteiger partial charge in [0.15, 0.2) is 0 Å².